The van der Waals surface area contributed by atoms with Gasteiger partial charge in [0.1, 0.15) is 0 Å². The largest absolute Gasteiger partial charge is 0.449 e. The lowest BCUT2D eigenvalue weighted by molar-refractivity contribution is -0.112. The van der Waals surface area contributed by atoms with Crippen molar-refractivity contribution >= 4 is 28.7 Å². The number of nitrogens with zero attached hydrogens (tertiary/aromatic N) is 1. The van der Waals surface area contributed by atoms with E-state index in [9.17, 15) is 9.59 Å². The highest BCUT2D eigenvalue weighted by molar-refractivity contribution is 6.38. The fraction of sp³-hybridized carbons (Fsp3) is 0.0833. The number of amides is 1. The minimum atomic E-state index is -0.637. The molecule has 4 heteroatoms. The van der Waals surface area contributed by atoms with E-state index in [4.69, 9.17) is 4.74 Å². The van der Waals surface area contributed by atoms with Gasteiger partial charge in [-0.25, -0.2) is 4.79 Å². The third-order valence-corrected chi connectivity index (χ3v) is 5.35. The number of likely N-dealkylation sites (N-methyl/N-ethyl adjacent to an activating group) is 1. The first-order valence-corrected chi connectivity index (χ1v) is 9.14. The number of rotatable bonds is 1. The van der Waals surface area contributed by atoms with Crippen molar-refractivity contribution in [1.29, 1.82) is 0 Å². The highest BCUT2D eigenvalue weighted by Gasteiger charge is 2.40. The van der Waals surface area contributed by atoms with E-state index in [2.05, 4.69) is 0 Å². The maximum atomic E-state index is 13.3. The molecule has 1 atom stereocenters. The zero-order valence-corrected chi connectivity index (χ0v) is 15.3. The molecule has 0 aliphatic carbocycles. The molecule has 1 unspecified atom stereocenters. The molecule has 0 saturated carbocycles. The van der Waals surface area contributed by atoms with Crippen LogP contribution < -0.4 is 4.90 Å². The van der Waals surface area contributed by atoms with E-state index in [0.717, 1.165) is 28.0 Å². The Balaban J connectivity index is 1.86. The van der Waals surface area contributed by atoms with Crippen LogP contribution in [0.15, 0.2) is 78.9 Å². The third-order valence-electron chi connectivity index (χ3n) is 5.35. The Kier molecular flexibility index (Phi) is 3.66. The number of anilines is 1. The van der Waals surface area contributed by atoms with E-state index in [-0.39, 0.29) is 11.9 Å². The van der Waals surface area contributed by atoms with E-state index in [1.807, 2.05) is 72.8 Å². The molecular formula is C24H17NO3. The van der Waals surface area contributed by atoms with Crippen molar-refractivity contribution in [1.82, 2.24) is 0 Å². The van der Waals surface area contributed by atoms with Crippen molar-refractivity contribution in [2.45, 2.75) is 6.10 Å². The minimum absolute atomic E-state index is 0.0927. The molecular weight excluding hydrogens is 350 g/mol. The molecule has 3 aromatic carbocycles. The molecule has 2 aliphatic heterocycles. The van der Waals surface area contributed by atoms with Gasteiger partial charge in [-0.3, -0.25) is 4.79 Å². The molecule has 0 fully saturated rings. The van der Waals surface area contributed by atoms with E-state index in [0.29, 0.717) is 11.1 Å². The standard InChI is InChI=1S/C24H17NO3/c1-25-19-14-8-7-13-18(19)21(23(25)26)20-16-11-5-6-12-17(16)24(27)28-22(20)15-9-3-2-4-10-15/h2-14,22H,1H3/b21-20-. The molecule has 0 saturated heterocycles. The van der Waals surface area contributed by atoms with Crippen LogP contribution in [0.3, 0.4) is 0 Å². The average Bonchev–Trinajstić information content (AvgIpc) is 2.99. The summed E-state index contributed by atoms with van der Waals surface area (Å²) < 4.78 is 5.85. The highest BCUT2D eigenvalue weighted by Crippen LogP contribution is 2.48. The molecule has 2 heterocycles. The lowest BCUT2D eigenvalue weighted by Gasteiger charge is -2.29. The van der Waals surface area contributed by atoms with Crippen LogP contribution in [0.4, 0.5) is 5.69 Å². The summed E-state index contributed by atoms with van der Waals surface area (Å²) in [4.78, 5) is 27.6. The summed E-state index contributed by atoms with van der Waals surface area (Å²) >= 11 is 0. The number of hydrogen-bond donors (Lipinski definition) is 0. The van der Waals surface area contributed by atoms with Gasteiger partial charge in [0, 0.05) is 18.2 Å². The molecule has 0 bridgehead atoms. The first-order valence-electron chi connectivity index (χ1n) is 9.14. The van der Waals surface area contributed by atoms with Crippen molar-refractivity contribution in [3.63, 3.8) is 0 Å². The van der Waals surface area contributed by atoms with Crippen molar-refractivity contribution in [3.05, 3.63) is 101 Å². The maximum absolute atomic E-state index is 13.3. The topological polar surface area (TPSA) is 46.6 Å². The van der Waals surface area contributed by atoms with Crippen LogP contribution in [-0.4, -0.2) is 18.9 Å². The van der Waals surface area contributed by atoms with Gasteiger partial charge in [-0.15, -0.1) is 0 Å². The molecule has 0 radical (unpaired) electrons. The summed E-state index contributed by atoms with van der Waals surface area (Å²) in [5.74, 6) is -0.467. The Bertz CT molecular complexity index is 1150. The second-order valence-electron chi connectivity index (χ2n) is 6.91. The Morgan fingerprint density at radius 3 is 2.11 bits per heavy atom. The number of hydrogen-bond acceptors (Lipinski definition) is 3. The fourth-order valence-corrected chi connectivity index (χ4v) is 4.03. The first-order chi connectivity index (χ1) is 13.7. The Hall–Kier alpha value is -3.66. The quantitative estimate of drug-likeness (QED) is 0.470. The predicted molar refractivity (Wildman–Crippen MR) is 108 cm³/mol. The van der Waals surface area contributed by atoms with E-state index >= 15 is 0 Å². The molecule has 2 aliphatic rings. The molecule has 1 amide bonds. The summed E-state index contributed by atoms with van der Waals surface area (Å²) in [7, 11) is 1.77. The van der Waals surface area contributed by atoms with Crippen molar-refractivity contribution in [2.24, 2.45) is 0 Å². The SMILES string of the molecule is CN1C(=O)/C(=C2/c3ccccc3C(=O)OC2c2ccccc2)c2ccccc21. The van der Waals surface area contributed by atoms with E-state index in [1.165, 1.54) is 0 Å². The number of benzene rings is 3. The van der Waals surface area contributed by atoms with Crippen molar-refractivity contribution < 1.29 is 14.3 Å². The second-order valence-corrected chi connectivity index (χ2v) is 6.91. The summed E-state index contributed by atoms with van der Waals surface area (Å²) in [5, 5.41) is 0. The number of carbonyl (C=O) groups is 2. The van der Waals surface area contributed by atoms with Crippen LogP contribution in [0, 0.1) is 0 Å². The Morgan fingerprint density at radius 2 is 1.36 bits per heavy atom. The van der Waals surface area contributed by atoms with E-state index in [1.54, 1.807) is 18.0 Å². The lowest BCUT2D eigenvalue weighted by atomic mass is 9.84. The summed E-state index contributed by atoms with van der Waals surface area (Å²) in [6.07, 6.45) is -0.637. The summed E-state index contributed by atoms with van der Waals surface area (Å²) in [6, 6.07) is 24.6. The molecule has 0 aromatic heterocycles. The zero-order valence-electron chi connectivity index (χ0n) is 15.3. The predicted octanol–water partition coefficient (Wildman–Crippen LogP) is 4.49. The van der Waals surface area contributed by atoms with Gasteiger partial charge in [-0.1, -0.05) is 66.7 Å². The third kappa shape index (κ3) is 2.31. The van der Waals surface area contributed by atoms with Gasteiger partial charge in [-0.2, -0.15) is 0 Å². The fourth-order valence-electron chi connectivity index (χ4n) is 4.03. The first kappa shape index (κ1) is 16.5. The maximum Gasteiger partial charge on any atom is 0.339 e. The Morgan fingerprint density at radius 1 is 0.750 bits per heavy atom. The van der Waals surface area contributed by atoms with Gasteiger partial charge >= 0.3 is 5.97 Å². The molecule has 3 aromatic rings. The van der Waals surface area contributed by atoms with Crippen molar-refractivity contribution in [2.75, 3.05) is 11.9 Å². The number of ether oxygens (including phenoxy) is 1. The summed E-state index contributed by atoms with van der Waals surface area (Å²) in [5.41, 5.74) is 5.12. The Labute approximate surface area is 162 Å². The van der Waals surface area contributed by atoms with Gasteiger partial charge in [0.05, 0.1) is 16.8 Å². The number of fused-ring (bicyclic) bond motifs is 2. The van der Waals surface area contributed by atoms with Crippen LogP contribution in [0.1, 0.15) is 33.2 Å². The molecule has 136 valence electrons. The molecule has 28 heavy (non-hydrogen) atoms. The number of para-hydroxylation sites is 1. The van der Waals surface area contributed by atoms with Gasteiger partial charge < -0.3 is 9.64 Å². The van der Waals surface area contributed by atoms with Crippen LogP contribution >= 0.6 is 0 Å². The van der Waals surface area contributed by atoms with Gasteiger partial charge in [-0.05, 0) is 23.3 Å². The monoisotopic (exact) mass is 367 g/mol. The summed E-state index contributed by atoms with van der Waals surface area (Å²) in [6.45, 7) is 0. The number of cyclic esters (lactones) is 1. The number of carbonyl (C=O) groups excluding carboxylic acids is 2. The second kappa shape index (κ2) is 6.20. The minimum Gasteiger partial charge on any atom is -0.449 e. The highest BCUT2D eigenvalue weighted by atomic mass is 16.5. The van der Waals surface area contributed by atoms with E-state index < -0.39 is 6.10 Å². The lowest BCUT2D eigenvalue weighted by Crippen LogP contribution is -2.25. The van der Waals surface area contributed by atoms with Gasteiger partial charge in [0.2, 0.25) is 0 Å². The molecule has 4 nitrogen and oxygen atoms in total. The van der Waals surface area contributed by atoms with Gasteiger partial charge in [0.15, 0.2) is 6.10 Å². The van der Waals surface area contributed by atoms with Crippen molar-refractivity contribution in [3.8, 4) is 0 Å². The molecule has 0 N–H and O–H groups in total. The molecule has 0 spiro atoms. The normalized spacial score (nSPS) is 20.6. The number of esters is 1. The average molecular weight is 367 g/mol. The smallest absolute Gasteiger partial charge is 0.339 e. The van der Waals surface area contributed by atoms with Crippen LogP contribution in [0.5, 0.6) is 0 Å². The van der Waals surface area contributed by atoms with Gasteiger partial charge in [0.25, 0.3) is 5.91 Å². The molecule has 5 rings (SSSR count). The van der Waals surface area contributed by atoms with Crippen LogP contribution in [0.2, 0.25) is 0 Å². The van der Waals surface area contributed by atoms with Crippen LogP contribution in [0.25, 0.3) is 11.1 Å². The van der Waals surface area contributed by atoms with Crippen LogP contribution in [-0.2, 0) is 9.53 Å². The zero-order chi connectivity index (χ0) is 19.3.